The molecule has 0 spiro atoms. The average molecular weight is 340 g/mol. The molecule has 2 nitrogen and oxygen atoms in total. The zero-order chi connectivity index (χ0) is 17.7. The van der Waals surface area contributed by atoms with Crippen LogP contribution < -0.4 is 5.32 Å². The van der Waals surface area contributed by atoms with E-state index in [1.807, 2.05) is 35.6 Å². The lowest BCUT2D eigenvalue weighted by Gasteiger charge is -2.27. The first-order chi connectivity index (χ1) is 12.1. The van der Waals surface area contributed by atoms with Crippen LogP contribution in [0.1, 0.15) is 16.7 Å². The first kappa shape index (κ1) is 17.3. The van der Waals surface area contributed by atoms with Crippen LogP contribution in [-0.4, -0.2) is 11.7 Å². The van der Waals surface area contributed by atoms with Crippen molar-refractivity contribution in [3.63, 3.8) is 0 Å². The second-order valence-electron chi connectivity index (χ2n) is 6.02. The van der Waals surface area contributed by atoms with E-state index in [9.17, 15) is 13.9 Å². The van der Waals surface area contributed by atoms with Gasteiger partial charge >= 0.3 is 0 Å². The highest BCUT2D eigenvalue weighted by Crippen LogP contribution is 2.28. The number of hydrogen-bond donors (Lipinski definition) is 2. The third-order valence-corrected chi connectivity index (χ3v) is 4.33. The Hall–Kier alpha value is -2.56. The molecule has 1 atom stereocenters. The van der Waals surface area contributed by atoms with Crippen molar-refractivity contribution in [2.45, 2.75) is 12.1 Å². The van der Waals surface area contributed by atoms with Gasteiger partial charge in [0.15, 0.2) is 5.60 Å². The van der Waals surface area contributed by atoms with Crippen LogP contribution in [0.4, 0.5) is 8.78 Å². The number of benzene rings is 3. The highest BCUT2D eigenvalue weighted by molar-refractivity contribution is 5.36. The molecule has 0 saturated heterocycles. The van der Waals surface area contributed by atoms with Crippen molar-refractivity contribution in [3.05, 3.63) is 107 Å². The Bertz CT molecular complexity index is 821. The molecule has 0 unspecified atom stereocenters. The fourth-order valence-electron chi connectivity index (χ4n) is 2.94. The van der Waals surface area contributed by atoms with Gasteiger partial charge in [-0.2, -0.15) is 0 Å². The Balaban J connectivity index is 1.84. The summed E-state index contributed by atoms with van der Waals surface area (Å²) in [5, 5.41) is 13.2. The van der Waals surface area contributed by atoms with Gasteiger partial charge in [0.2, 0.25) is 0 Å². The molecule has 0 aliphatic rings. The van der Waals surface area contributed by atoms with Gasteiger partial charge in [0.05, 0.1) is 0 Å². The van der Waals surface area contributed by atoms with Crippen LogP contribution in [0.2, 0.25) is 0 Å². The highest BCUT2D eigenvalue weighted by atomic mass is 19.1. The number of hydrogen-bond acceptors (Lipinski definition) is 1. The molecule has 0 aliphatic heterocycles. The van der Waals surface area contributed by atoms with Crippen molar-refractivity contribution >= 4 is 0 Å². The molecular formula is C21H20F2NO+. The largest absolute Gasteiger partial charge is 0.375 e. The van der Waals surface area contributed by atoms with Crippen LogP contribution >= 0.6 is 0 Å². The van der Waals surface area contributed by atoms with Crippen LogP contribution in [0.25, 0.3) is 0 Å². The minimum Gasteiger partial charge on any atom is -0.375 e. The SMILES string of the molecule is O[C@@](C[NH2+]Cc1ccccc1F)(c1ccccc1)c1ccc(F)cc1. The van der Waals surface area contributed by atoms with Gasteiger partial charge in [-0.15, -0.1) is 0 Å². The molecule has 128 valence electrons. The van der Waals surface area contributed by atoms with Crippen molar-refractivity contribution in [1.82, 2.24) is 0 Å². The summed E-state index contributed by atoms with van der Waals surface area (Å²) in [5.41, 5.74) is 0.605. The molecule has 3 aromatic rings. The molecule has 4 heteroatoms. The highest BCUT2D eigenvalue weighted by Gasteiger charge is 2.33. The van der Waals surface area contributed by atoms with E-state index in [1.165, 1.54) is 18.2 Å². The average Bonchev–Trinajstić information content (AvgIpc) is 2.64. The Morgan fingerprint density at radius 2 is 1.36 bits per heavy atom. The summed E-state index contributed by atoms with van der Waals surface area (Å²) in [6.07, 6.45) is 0. The maximum atomic E-state index is 13.8. The van der Waals surface area contributed by atoms with Crippen LogP contribution in [-0.2, 0) is 12.1 Å². The van der Waals surface area contributed by atoms with E-state index in [-0.39, 0.29) is 18.2 Å². The summed E-state index contributed by atoms with van der Waals surface area (Å²) in [6.45, 7) is 0.694. The fraction of sp³-hybridized carbons (Fsp3) is 0.143. The smallest absolute Gasteiger partial charge is 0.163 e. The van der Waals surface area contributed by atoms with Gasteiger partial charge in [0.25, 0.3) is 0 Å². The summed E-state index contributed by atoms with van der Waals surface area (Å²) >= 11 is 0. The third-order valence-electron chi connectivity index (χ3n) is 4.33. The standard InChI is InChI=1S/C21H19F2NO/c22-19-12-10-18(11-13-19)21(25,17-7-2-1-3-8-17)15-24-14-16-6-4-5-9-20(16)23/h1-13,24-25H,14-15H2/p+1/t21-/m0/s1. The van der Waals surface area contributed by atoms with E-state index in [0.29, 0.717) is 23.2 Å². The summed E-state index contributed by atoms with van der Waals surface area (Å²) in [7, 11) is 0. The van der Waals surface area contributed by atoms with Crippen LogP contribution in [0.5, 0.6) is 0 Å². The lowest BCUT2D eigenvalue weighted by atomic mass is 9.86. The molecule has 0 heterocycles. The predicted molar refractivity (Wildman–Crippen MR) is 92.7 cm³/mol. The van der Waals surface area contributed by atoms with Crippen LogP contribution in [0, 0.1) is 11.6 Å². The van der Waals surface area contributed by atoms with Crippen LogP contribution in [0.3, 0.4) is 0 Å². The zero-order valence-corrected chi connectivity index (χ0v) is 13.7. The van der Waals surface area contributed by atoms with Gasteiger partial charge < -0.3 is 10.4 Å². The molecule has 3 rings (SSSR count). The topological polar surface area (TPSA) is 36.8 Å². The van der Waals surface area contributed by atoms with Gasteiger partial charge in [-0.25, -0.2) is 8.78 Å². The van der Waals surface area contributed by atoms with Crippen LogP contribution in [0.15, 0.2) is 78.9 Å². The monoisotopic (exact) mass is 340 g/mol. The lowest BCUT2D eigenvalue weighted by molar-refractivity contribution is -0.682. The van der Waals surface area contributed by atoms with E-state index in [0.717, 1.165) is 0 Å². The summed E-state index contributed by atoms with van der Waals surface area (Å²) in [6, 6.07) is 21.7. The number of quaternary nitrogens is 1. The predicted octanol–water partition coefficient (Wildman–Crippen LogP) is 2.96. The van der Waals surface area contributed by atoms with E-state index < -0.39 is 5.60 Å². The quantitative estimate of drug-likeness (QED) is 0.711. The molecule has 0 saturated carbocycles. The maximum absolute atomic E-state index is 13.8. The second-order valence-corrected chi connectivity index (χ2v) is 6.02. The van der Waals surface area contributed by atoms with E-state index in [1.54, 1.807) is 30.3 Å². The molecule has 0 amide bonds. The van der Waals surface area contributed by atoms with Crippen molar-refractivity contribution in [1.29, 1.82) is 0 Å². The first-order valence-electron chi connectivity index (χ1n) is 8.18. The van der Waals surface area contributed by atoms with Gasteiger partial charge in [0.1, 0.15) is 24.7 Å². The van der Waals surface area contributed by atoms with Crippen molar-refractivity contribution in [2.75, 3.05) is 6.54 Å². The molecule has 0 aliphatic carbocycles. The molecule has 3 N–H and O–H groups in total. The fourth-order valence-corrected chi connectivity index (χ4v) is 2.94. The summed E-state index contributed by atoms with van der Waals surface area (Å²) in [4.78, 5) is 0. The van der Waals surface area contributed by atoms with Crippen molar-refractivity contribution < 1.29 is 19.2 Å². The molecule has 0 radical (unpaired) electrons. The van der Waals surface area contributed by atoms with Crippen molar-refractivity contribution in [2.24, 2.45) is 0 Å². The van der Waals surface area contributed by atoms with E-state index >= 15 is 0 Å². The number of nitrogens with two attached hydrogens (primary N) is 1. The molecule has 3 aromatic carbocycles. The molecule has 0 fully saturated rings. The Kier molecular flexibility index (Phi) is 5.22. The normalized spacial score (nSPS) is 13.4. The van der Waals surface area contributed by atoms with Crippen molar-refractivity contribution in [3.8, 4) is 0 Å². The molecule has 0 aromatic heterocycles. The Morgan fingerprint density at radius 1 is 0.760 bits per heavy atom. The molecule has 0 bridgehead atoms. The second kappa shape index (κ2) is 7.55. The van der Waals surface area contributed by atoms with Gasteiger partial charge in [-0.05, 0) is 29.3 Å². The molecular weight excluding hydrogens is 320 g/mol. The van der Waals surface area contributed by atoms with Gasteiger partial charge in [-0.1, -0.05) is 60.7 Å². The van der Waals surface area contributed by atoms with Gasteiger partial charge in [-0.3, -0.25) is 0 Å². The maximum Gasteiger partial charge on any atom is 0.163 e. The summed E-state index contributed by atoms with van der Waals surface area (Å²) in [5.74, 6) is -0.613. The van der Waals surface area contributed by atoms with E-state index in [4.69, 9.17) is 0 Å². The third kappa shape index (κ3) is 3.92. The number of halogens is 2. The van der Waals surface area contributed by atoms with Gasteiger partial charge in [0, 0.05) is 5.56 Å². The summed E-state index contributed by atoms with van der Waals surface area (Å²) < 4.78 is 27.0. The minimum atomic E-state index is -1.29. The Labute approximate surface area is 145 Å². The zero-order valence-electron chi connectivity index (χ0n) is 13.7. The minimum absolute atomic E-state index is 0.260. The Morgan fingerprint density at radius 3 is 2.04 bits per heavy atom. The van der Waals surface area contributed by atoms with E-state index in [2.05, 4.69) is 0 Å². The first-order valence-corrected chi connectivity index (χ1v) is 8.18. The number of aliphatic hydroxyl groups is 1. The number of rotatable bonds is 6. The molecule has 25 heavy (non-hydrogen) atoms. The lowest BCUT2D eigenvalue weighted by Crippen LogP contribution is -2.86.